The molecule has 2 aromatic rings. The lowest BCUT2D eigenvalue weighted by Crippen LogP contribution is -2.19. The molecule has 1 atom stereocenters. The van der Waals surface area contributed by atoms with Crippen LogP contribution in [0.1, 0.15) is 22.7 Å². The van der Waals surface area contributed by atoms with Crippen LogP contribution in [0.15, 0.2) is 45.3 Å². The van der Waals surface area contributed by atoms with E-state index in [1.54, 1.807) is 0 Å². The first-order valence-electron chi connectivity index (χ1n) is 6.39. The summed E-state index contributed by atoms with van der Waals surface area (Å²) in [4.78, 5) is 0. The number of rotatable bonds is 4. The van der Waals surface area contributed by atoms with Crippen molar-refractivity contribution in [2.75, 3.05) is 7.05 Å². The van der Waals surface area contributed by atoms with Crippen molar-refractivity contribution in [2.45, 2.75) is 19.4 Å². The number of aryl methyl sites for hydroxylation is 1. The van der Waals surface area contributed by atoms with E-state index in [1.165, 1.54) is 23.3 Å². The Kier molecular flexibility index (Phi) is 5.35. The largest absolute Gasteiger partial charge is 0.313 e. The highest BCUT2D eigenvalue weighted by Crippen LogP contribution is 2.30. The maximum atomic E-state index is 13.2. The first-order chi connectivity index (χ1) is 9.52. The minimum absolute atomic E-state index is 0.172. The van der Waals surface area contributed by atoms with Crippen molar-refractivity contribution in [3.8, 4) is 0 Å². The molecule has 0 amide bonds. The van der Waals surface area contributed by atoms with Crippen molar-refractivity contribution < 1.29 is 4.39 Å². The zero-order valence-corrected chi connectivity index (χ0v) is 14.6. The van der Waals surface area contributed by atoms with E-state index in [0.717, 1.165) is 20.9 Å². The summed E-state index contributed by atoms with van der Waals surface area (Å²) in [6.07, 6.45) is 0.791. The number of halogens is 3. The van der Waals surface area contributed by atoms with Gasteiger partial charge in [0.25, 0.3) is 0 Å². The van der Waals surface area contributed by atoms with E-state index in [4.69, 9.17) is 0 Å². The highest BCUT2D eigenvalue weighted by atomic mass is 79.9. The van der Waals surface area contributed by atoms with E-state index in [1.807, 2.05) is 13.1 Å². The molecular weight excluding hydrogens is 385 g/mol. The molecule has 0 radical (unpaired) electrons. The third kappa shape index (κ3) is 3.48. The van der Waals surface area contributed by atoms with Gasteiger partial charge in [0.05, 0.1) is 0 Å². The molecule has 0 saturated carbocycles. The number of hydrogen-bond acceptors (Lipinski definition) is 1. The van der Waals surface area contributed by atoms with Crippen LogP contribution in [0.2, 0.25) is 0 Å². The Morgan fingerprint density at radius 1 is 1.20 bits per heavy atom. The van der Waals surface area contributed by atoms with Gasteiger partial charge in [0.1, 0.15) is 5.82 Å². The highest BCUT2D eigenvalue weighted by molar-refractivity contribution is 9.10. The average Bonchev–Trinajstić information content (AvgIpc) is 2.42. The third-order valence-corrected chi connectivity index (χ3v) is 5.21. The van der Waals surface area contributed by atoms with E-state index in [0.29, 0.717) is 0 Å². The molecule has 0 heterocycles. The fourth-order valence-electron chi connectivity index (χ4n) is 2.21. The normalized spacial score (nSPS) is 12.4. The van der Waals surface area contributed by atoms with Crippen molar-refractivity contribution in [1.29, 1.82) is 0 Å². The van der Waals surface area contributed by atoms with Crippen molar-refractivity contribution in [3.63, 3.8) is 0 Å². The molecule has 106 valence electrons. The van der Waals surface area contributed by atoms with E-state index < -0.39 is 0 Å². The lowest BCUT2D eigenvalue weighted by molar-refractivity contribution is 0.585. The van der Waals surface area contributed by atoms with Crippen molar-refractivity contribution in [1.82, 2.24) is 5.32 Å². The zero-order chi connectivity index (χ0) is 14.7. The fourth-order valence-corrected chi connectivity index (χ4v) is 3.27. The van der Waals surface area contributed by atoms with Crippen LogP contribution in [-0.4, -0.2) is 7.05 Å². The minimum Gasteiger partial charge on any atom is -0.313 e. The molecule has 0 spiro atoms. The summed E-state index contributed by atoms with van der Waals surface area (Å²) in [6, 6.07) is 11.2. The van der Waals surface area contributed by atoms with Gasteiger partial charge in [-0.25, -0.2) is 4.39 Å². The second-order valence-electron chi connectivity index (χ2n) is 4.76. The first kappa shape index (κ1) is 15.7. The molecule has 0 aliphatic rings. The topological polar surface area (TPSA) is 12.0 Å². The van der Waals surface area contributed by atoms with Crippen LogP contribution >= 0.6 is 31.9 Å². The van der Waals surface area contributed by atoms with Crippen molar-refractivity contribution in [2.24, 2.45) is 0 Å². The Bertz CT molecular complexity index is 613. The SMILES string of the molecule is CNC(Cc1ccc(F)cc1Br)c1cccc(C)c1Br. The van der Waals surface area contributed by atoms with Crippen LogP contribution in [0.5, 0.6) is 0 Å². The van der Waals surface area contributed by atoms with E-state index in [-0.39, 0.29) is 11.9 Å². The Hall–Kier alpha value is -0.710. The predicted octanol–water partition coefficient (Wildman–Crippen LogP) is 5.16. The first-order valence-corrected chi connectivity index (χ1v) is 7.97. The monoisotopic (exact) mass is 399 g/mol. The molecule has 0 saturated heterocycles. The van der Waals surface area contributed by atoms with Crippen LogP contribution in [-0.2, 0) is 6.42 Å². The van der Waals surface area contributed by atoms with Crippen molar-refractivity contribution in [3.05, 3.63) is 67.9 Å². The van der Waals surface area contributed by atoms with Crippen LogP contribution in [0.3, 0.4) is 0 Å². The molecule has 0 aliphatic heterocycles. The molecule has 0 bridgehead atoms. The van der Waals surface area contributed by atoms with Crippen LogP contribution in [0.4, 0.5) is 4.39 Å². The second-order valence-corrected chi connectivity index (χ2v) is 6.41. The Morgan fingerprint density at radius 3 is 2.60 bits per heavy atom. The lowest BCUT2D eigenvalue weighted by Gasteiger charge is -2.20. The summed E-state index contributed by atoms with van der Waals surface area (Å²) in [5.74, 6) is -0.224. The number of benzene rings is 2. The minimum atomic E-state index is -0.224. The summed E-state index contributed by atoms with van der Waals surface area (Å²) in [7, 11) is 1.94. The number of hydrogen-bond donors (Lipinski definition) is 1. The van der Waals surface area contributed by atoms with Gasteiger partial charge in [-0.15, -0.1) is 0 Å². The van der Waals surface area contributed by atoms with Crippen LogP contribution in [0.25, 0.3) is 0 Å². The maximum absolute atomic E-state index is 13.2. The van der Waals surface area contributed by atoms with Gasteiger partial charge >= 0.3 is 0 Å². The quantitative estimate of drug-likeness (QED) is 0.747. The summed E-state index contributed by atoms with van der Waals surface area (Å²) in [5, 5.41) is 3.33. The molecule has 20 heavy (non-hydrogen) atoms. The molecular formula is C16H16Br2FN. The van der Waals surface area contributed by atoms with E-state index >= 15 is 0 Å². The van der Waals surface area contributed by atoms with Gasteiger partial charge in [-0.1, -0.05) is 56.1 Å². The summed E-state index contributed by atoms with van der Waals surface area (Å²) in [6.45, 7) is 2.08. The van der Waals surface area contributed by atoms with Crippen LogP contribution < -0.4 is 5.32 Å². The molecule has 2 aromatic carbocycles. The summed E-state index contributed by atoms with van der Waals surface area (Å²) >= 11 is 7.08. The predicted molar refractivity (Wildman–Crippen MR) is 88.5 cm³/mol. The standard InChI is InChI=1S/C16H16Br2FN/c1-10-4-3-5-13(16(10)18)15(20-2)8-11-6-7-12(19)9-14(11)17/h3-7,9,15,20H,8H2,1-2H3. The Labute approximate surface area is 135 Å². The maximum Gasteiger partial charge on any atom is 0.124 e. The third-order valence-electron chi connectivity index (χ3n) is 3.38. The molecule has 1 N–H and O–H groups in total. The Morgan fingerprint density at radius 2 is 1.95 bits per heavy atom. The van der Waals surface area contributed by atoms with Crippen molar-refractivity contribution >= 4 is 31.9 Å². The number of likely N-dealkylation sites (N-methyl/N-ethyl adjacent to an activating group) is 1. The smallest absolute Gasteiger partial charge is 0.124 e. The Balaban J connectivity index is 2.31. The van der Waals surface area contributed by atoms with Crippen LogP contribution in [0, 0.1) is 12.7 Å². The van der Waals surface area contributed by atoms with E-state index in [9.17, 15) is 4.39 Å². The highest BCUT2D eigenvalue weighted by Gasteiger charge is 2.15. The summed E-state index contributed by atoms with van der Waals surface area (Å²) in [5.41, 5.74) is 3.50. The second kappa shape index (κ2) is 6.83. The van der Waals surface area contributed by atoms with Gasteiger partial charge in [-0.2, -0.15) is 0 Å². The molecule has 1 nitrogen and oxygen atoms in total. The van der Waals surface area contributed by atoms with Gasteiger partial charge in [0.15, 0.2) is 0 Å². The zero-order valence-electron chi connectivity index (χ0n) is 11.4. The lowest BCUT2D eigenvalue weighted by atomic mass is 9.97. The molecule has 1 unspecified atom stereocenters. The molecule has 4 heteroatoms. The molecule has 0 aromatic heterocycles. The molecule has 0 aliphatic carbocycles. The van der Waals surface area contributed by atoms with Gasteiger partial charge in [0.2, 0.25) is 0 Å². The number of nitrogens with one attached hydrogen (secondary N) is 1. The van der Waals surface area contributed by atoms with Gasteiger partial charge in [-0.3, -0.25) is 0 Å². The van der Waals surface area contributed by atoms with Gasteiger partial charge in [-0.05, 0) is 49.2 Å². The van der Waals surface area contributed by atoms with E-state index in [2.05, 4.69) is 62.3 Å². The fraction of sp³-hybridized carbons (Fsp3) is 0.250. The van der Waals surface area contributed by atoms with Gasteiger partial charge < -0.3 is 5.32 Å². The summed E-state index contributed by atoms with van der Waals surface area (Å²) < 4.78 is 15.1. The van der Waals surface area contributed by atoms with Gasteiger partial charge in [0, 0.05) is 15.0 Å². The average molecular weight is 401 g/mol. The molecule has 0 fully saturated rings. The molecule has 2 rings (SSSR count).